The Kier molecular flexibility index (Phi) is 7.79. The van der Waals surface area contributed by atoms with Crippen LogP contribution in [0.2, 0.25) is 0 Å². The predicted octanol–water partition coefficient (Wildman–Crippen LogP) is 2.49. The summed E-state index contributed by atoms with van der Waals surface area (Å²) in [6, 6.07) is 0. The van der Waals surface area contributed by atoms with Crippen molar-refractivity contribution in [1.82, 2.24) is 5.32 Å². The van der Waals surface area contributed by atoms with E-state index in [-0.39, 0.29) is 0 Å². The molecule has 0 aliphatic carbocycles. The Labute approximate surface area is 97.2 Å². The van der Waals surface area contributed by atoms with Crippen molar-refractivity contribution < 1.29 is 9.90 Å². The lowest BCUT2D eigenvalue weighted by Gasteiger charge is -2.33. The molecule has 0 aromatic heterocycles. The number of alkyl halides is 1. The van der Waals surface area contributed by atoms with E-state index >= 15 is 0 Å². The molecule has 0 radical (unpaired) electrons. The monoisotopic (exact) mass is 235 g/mol. The minimum atomic E-state index is -0.628. The van der Waals surface area contributed by atoms with E-state index in [9.17, 15) is 4.79 Å². The highest BCUT2D eigenvalue weighted by Gasteiger charge is 2.38. The zero-order chi connectivity index (χ0) is 11.7. The molecule has 0 amide bonds. The van der Waals surface area contributed by atoms with Gasteiger partial charge in [-0.25, -0.2) is 0 Å². The Bertz CT molecular complexity index is 174. The van der Waals surface area contributed by atoms with Gasteiger partial charge in [-0.1, -0.05) is 20.3 Å². The Morgan fingerprint density at radius 3 is 2.47 bits per heavy atom. The van der Waals surface area contributed by atoms with Gasteiger partial charge in [-0.15, -0.1) is 11.6 Å². The van der Waals surface area contributed by atoms with Gasteiger partial charge in [-0.05, 0) is 25.8 Å². The van der Waals surface area contributed by atoms with Gasteiger partial charge >= 0.3 is 5.97 Å². The minimum absolute atomic E-state index is 0.465. The summed E-state index contributed by atoms with van der Waals surface area (Å²) in [5, 5.41) is 12.2. The summed E-state index contributed by atoms with van der Waals surface area (Å²) in [7, 11) is 0. The van der Waals surface area contributed by atoms with Crippen molar-refractivity contribution in [3.8, 4) is 0 Å². The normalized spacial score (nSPS) is 25.3. The zero-order valence-corrected chi connectivity index (χ0v) is 10.4. The highest BCUT2D eigenvalue weighted by molar-refractivity contribution is 6.17. The van der Waals surface area contributed by atoms with E-state index in [1.54, 1.807) is 0 Å². The van der Waals surface area contributed by atoms with Gasteiger partial charge in [0.2, 0.25) is 0 Å². The summed E-state index contributed by atoms with van der Waals surface area (Å²) in [5.74, 6) is 0.0940. The number of hydrogen-bond donors (Lipinski definition) is 2. The highest BCUT2D eigenvalue weighted by atomic mass is 35.5. The standard InChI is InChI=1S/C9H17NO2.C2H5Cl/c1-2-4-9(8(11)12)5-3-6-10-7-9;1-2-3/h10H,2-7H2,1H3,(H,11,12);2H2,1H3. The number of halogens is 1. The SMILES string of the molecule is CCCC1(C(=O)O)CCCNC1.CCCl. The highest BCUT2D eigenvalue weighted by Crippen LogP contribution is 2.31. The molecule has 1 heterocycles. The molecule has 1 rings (SSSR count). The van der Waals surface area contributed by atoms with Gasteiger partial charge in [0.05, 0.1) is 5.41 Å². The number of carboxylic acid groups (broad SMARTS) is 1. The van der Waals surface area contributed by atoms with E-state index in [4.69, 9.17) is 16.7 Å². The van der Waals surface area contributed by atoms with Gasteiger partial charge in [0, 0.05) is 12.4 Å². The molecule has 90 valence electrons. The van der Waals surface area contributed by atoms with Gasteiger partial charge in [-0.2, -0.15) is 0 Å². The van der Waals surface area contributed by atoms with E-state index in [0.717, 1.165) is 38.1 Å². The van der Waals surface area contributed by atoms with Crippen LogP contribution < -0.4 is 5.32 Å². The van der Waals surface area contributed by atoms with Crippen molar-refractivity contribution >= 4 is 17.6 Å². The quantitative estimate of drug-likeness (QED) is 0.739. The van der Waals surface area contributed by atoms with Crippen molar-refractivity contribution in [3.63, 3.8) is 0 Å². The molecule has 1 saturated heterocycles. The first-order valence-electron chi connectivity index (χ1n) is 5.63. The lowest BCUT2D eigenvalue weighted by molar-refractivity contribution is -0.150. The minimum Gasteiger partial charge on any atom is -0.481 e. The number of aliphatic carboxylic acids is 1. The number of nitrogens with one attached hydrogen (secondary N) is 1. The van der Waals surface area contributed by atoms with Crippen molar-refractivity contribution in [3.05, 3.63) is 0 Å². The second kappa shape index (κ2) is 7.94. The number of carboxylic acids is 1. The summed E-state index contributed by atoms with van der Waals surface area (Å²) >= 11 is 5.00. The molecule has 3 nitrogen and oxygen atoms in total. The van der Waals surface area contributed by atoms with Crippen LogP contribution in [0.15, 0.2) is 0 Å². The van der Waals surface area contributed by atoms with E-state index < -0.39 is 11.4 Å². The fourth-order valence-corrected chi connectivity index (χ4v) is 1.95. The number of carbonyl (C=O) groups is 1. The summed E-state index contributed by atoms with van der Waals surface area (Å²) in [5.41, 5.74) is -0.465. The third-order valence-electron chi connectivity index (χ3n) is 2.65. The van der Waals surface area contributed by atoms with Crippen LogP contribution in [0.25, 0.3) is 0 Å². The van der Waals surface area contributed by atoms with Crippen LogP contribution in [-0.4, -0.2) is 30.0 Å². The summed E-state index contributed by atoms with van der Waals surface area (Å²) in [4.78, 5) is 11.0. The van der Waals surface area contributed by atoms with Crippen molar-refractivity contribution in [1.29, 1.82) is 0 Å². The lowest BCUT2D eigenvalue weighted by atomic mass is 9.77. The molecule has 15 heavy (non-hydrogen) atoms. The number of hydrogen-bond acceptors (Lipinski definition) is 2. The summed E-state index contributed by atoms with van der Waals surface area (Å²) < 4.78 is 0. The topological polar surface area (TPSA) is 49.3 Å². The fraction of sp³-hybridized carbons (Fsp3) is 0.909. The second-order valence-corrected chi connectivity index (χ2v) is 4.42. The first kappa shape index (κ1) is 14.7. The molecule has 1 atom stereocenters. The maximum atomic E-state index is 11.0. The van der Waals surface area contributed by atoms with Crippen molar-refractivity contribution in [2.45, 2.75) is 39.5 Å². The molecule has 0 aromatic carbocycles. The van der Waals surface area contributed by atoms with E-state index in [2.05, 4.69) is 5.32 Å². The first-order chi connectivity index (χ1) is 7.13. The van der Waals surface area contributed by atoms with Gasteiger partial charge in [0.25, 0.3) is 0 Å². The largest absolute Gasteiger partial charge is 0.481 e. The molecule has 0 aromatic rings. The van der Waals surface area contributed by atoms with Crippen LogP contribution in [-0.2, 0) is 4.79 Å². The molecule has 4 heteroatoms. The van der Waals surface area contributed by atoms with Gasteiger partial charge in [0.15, 0.2) is 0 Å². The zero-order valence-electron chi connectivity index (χ0n) is 9.68. The predicted molar refractivity (Wildman–Crippen MR) is 63.5 cm³/mol. The third kappa shape index (κ3) is 4.85. The first-order valence-corrected chi connectivity index (χ1v) is 6.16. The van der Waals surface area contributed by atoms with Gasteiger partial charge < -0.3 is 10.4 Å². The Balaban J connectivity index is 0.000000583. The molecule has 1 fully saturated rings. The molecular weight excluding hydrogens is 214 g/mol. The Morgan fingerprint density at radius 1 is 1.53 bits per heavy atom. The average molecular weight is 236 g/mol. The third-order valence-corrected chi connectivity index (χ3v) is 2.65. The van der Waals surface area contributed by atoms with Crippen molar-refractivity contribution in [2.24, 2.45) is 5.41 Å². The van der Waals surface area contributed by atoms with Crippen LogP contribution in [0.1, 0.15) is 39.5 Å². The summed E-state index contributed by atoms with van der Waals surface area (Å²) in [6.45, 7) is 5.55. The van der Waals surface area contributed by atoms with E-state index in [1.165, 1.54) is 0 Å². The molecular formula is C11H22ClNO2. The van der Waals surface area contributed by atoms with Crippen LogP contribution in [0.5, 0.6) is 0 Å². The van der Waals surface area contributed by atoms with Crippen LogP contribution in [0.4, 0.5) is 0 Å². The molecule has 1 aliphatic rings. The van der Waals surface area contributed by atoms with Gasteiger partial charge in [0.1, 0.15) is 0 Å². The Morgan fingerprint density at radius 2 is 2.13 bits per heavy atom. The molecule has 0 saturated carbocycles. The van der Waals surface area contributed by atoms with Crippen molar-refractivity contribution in [2.75, 3.05) is 19.0 Å². The lowest BCUT2D eigenvalue weighted by Crippen LogP contribution is -2.45. The molecule has 0 spiro atoms. The molecule has 1 aliphatic heterocycles. The molecule has 2 N–H and O–H groups in total. The van der Waals surface area contributed by atoms with Crippen LogP contribution in [0.3, 0.4) is 0 Å². The number of rotatable bonds is 3. The number of piperidine rings is 1. The maximum Gasteiger partial charge on any atom is 0.310 e. The second-order valence-electron chi connectivity index (χ2n) is 3.88. The molecule has 1 unspecified atom stereocenters. The van der Waals surface area contributed by atoms with E-state index in [0.29, 0.717) is 6.54 Å². The van der Waals surface area contributed by atoms with Gasteiger partial charge in [-0.3, -0.25) is 4.79 Å². The average Bonchev–Trinajstić information content (AvgIpc) is 2.20. The maximum absolute atomic E-state index is 11.0. The Hall–Kier alpha value is -0.280. The smallest absolute Gasteiger partial charge is 0.310 e. The molecule has 0 bridgehead atoms. The fourth-order valence-electron chi connectivity index (χ4n) is 1.95. The van der Waals surface area contributed by atoms with Crippen LogP contribution >= 0.6 is 11.6 Å². The van der Waals surface area contributed by atoms with E-state index in [1.807, 2.05) is 13.8 Å². The van der Waals surface area contributed by atoms with Crippen LogP contribution in [0, 0.1) is 5.41 Å². The summed E-state index contributed by atoms with van der Waals surface area (Å²) in [6.07, 6.45) is 3.58.